The number of halogens is 18. The molecule has 23 nitrogen and oxygen atoms in total. The molecule has 12 aromatic rings. The van der Waals surface area contributed by atoms with Crippen LogP contribution in [0, 0.1) is 23.5 Å². The fraction of sp³-hybridized carbons (Fsp3) is 0.316. The van der Waals surface area contributed by atoms with Gasteiger partial charge < -0.3 is 56.7 Å². The van der Waals surface area contributed by atoms with Gasteiger partial charge in [0.15, 0.2) is 46.6 Å². The van der Waals surface area contributed by atoms with Crippen LogP contribution >= 0.6 is 46.4 Å². The normalized spacial score (nSPS) is 15.4. The van der Waals surface area contributed by atoms with Crippen LogP contribution in [0.2, 0.25) is 20.1 Å². The van der Waals surface area contributed by atoms with Crippen molar-refractivity contribution in [1.29, 1.82) is 0 Å². The van der Waals surface area contributed by atoms with Gasteiger partial charge in [0, 0.05) is 151 Å². The first-order valence-electron chi connectivity index (χ1n) is 35.6. The van der Waals surface area contributed by atoms with Gasteiger partial charge >= 0.3 is 24.7 Å². The van der Waals surface area contributed by atoms with E-state index in [0.717, 1.165) is 62.6 Å². The second-order valence-electron chi connectivity index (χ2n) is 27.8. The minimum absolute atomic E-state index is 0. The predicted octanol–water partition coefficient (Wildman–Crippen LogP) is 18.3. The lowest BCUT2D eigenvalue weighted by Gasteiger charge is -2.26. The van der Waals surface area contributed by atoms with Crippen molar-refractivity contribution in [1.82, 2.24) is 81.1 Å². The molecule has 1 aliphatic heterocycles. The second-order valence-corrected chi connectivity index (χ2v) is 29.5. The molecule has 2 fully saturated rings. The highest BCUT2D eigenvalue weighted by Gasteiger charge is 2.40. The number of carbonyl (C=O) groups excluding carboxylic acids is 4. The van der Waals surface area contributed by atoms with Crippen LogP contribution in [0.25, 0.3) is 89.2 Å². The van der Waals surface area contributed by atoms with Gasteiger partial charge in [-0.15, -0.1) is 0 Å². The minimum Gasteiger partial charge on any atom is -0.360 e. The summed E-state index contributed by atoms with van der Waals surface area (Å²) in [6.07, 6.45) is -3.32. The van der Waals surface area contributed by atoms with E-state index in [4.69, 9.17) is 46.4 Å². The number of fused-ring (bicyclic) bond motifs is 4. The Morgan fingerprint density at radius 1 is 0.504 bits per heavy atom. The summed E-state index contributed by atoms with van der Waals surface area (Å²) in [5.74, 6) is -4.81. The number of aromatic amines is 4. The van der Waals surface area contributed by atoms with Gasteiger partial charge in [0.1, 0.15) is 49.6 Å². The molecule has 4 amide bonds. The number of aromatic nitrogens is 12. The minimum atomic E-state index is -4.55. The van der Waals surface area contributed by atoms with Gasteiger partial charge in [-0.05, 0) is 130 Å². The number of rotatable bonds is 19. The van der Waals surface area contributed by atoms with Crippen molar-refractivity contribution in [3.05, 3.63) is 172 Å². The van der Waals surface area contributed by atoms with Gasteiger partial charge in [0.2, 0.25) is 23.6 Å². The number of nitrogens with zero attached hydrogens (tertiary/aromatic N) is 9. The molecule has 624 valence electrons. The van der Waals surface area contributed by atoms with E-state index in [1.165, 1.54) is 31.0 Å². The third-order valence-corrected chi connectivity index (χ3v) is 19.4. The number of H-pyrrole nitrogens is 4. The van der Waals surface area contributed by atoms with Crippen LogP contribution in [0.4, 0.5) is 78.9 Å². The lowest BCUT2D eigenvalue weighted by atomic mass is 9.91. The number of alkyl halides is 12. The van der Waals surface area contributed by atoms with Gasteiger partial charge in [-0.1, -0.05) is 66.7 Å². The fourth-order valence-corrected chi connectivity index (χ4v) is 13.7. The van der Waals surface area contributed by atoms with Crippen molar-refractivity contribution in [2.75, 3.05) is 48.3 Å². The van der Waals surface area contributed by atoms with Gasteiger partial charge in [0.05, 0.1) is 12.4 Å². The van der Waals surface area contributed by atoms with E-state index in [1.807, 2.05) is 34.1 Å². The Bertz CT molecular complexity index is 5570. The molecule has 0 radical (unpaired) electrons. The molecule has 8 aromatic heterocycles. The van der Waals surface area contributed by atoms with Crippen LogP contribution in [0.15, 0.2) is 135 Å². The highest BCUT2D eigenvalue weighted by atomic mass is 35.5. The van der Waals surface area contributed by atoms with E-state index < -0.39 is 116 Å². The summed E-state index contributed by atoms with van der Waals surface area (Å²) in [5.41, 5.74) is 5.27. The topological polar surface area (TPSA) is 310 Å². The Balaban J connectivity index is 0.000000198. The second kappa shape index (κ2) is 36.1. The van der Waals surface area contributed by atoms with E-state index in [0.29, 0.717) is 91.0 Å². The third-order valence-electron chi connectivity index (χ3n) is 18.5. The molecule has 4 atom stereocenters. The maximum Gasteiger partial charge on any atom is 0.405 e. The number of amides is 4. The smallest absolute Gasteiger partial charge is 0.360 e. The fourth-order valence-electron chi connectivity index (χ4n) is 13.0. The Morgan fingerprint density at radius 2 is 0.932 bits per heavy atom. The van der Waals surface area contributed by atoms with Crippen LogP contribution in [0.3, 0.4) is 0 Å². The summed E-state index contributed by atoms with van der Waals surface area (Å²) in [6, 6.07) is 22.4. The van der Waals surface area contributed by atoms with Crippen LogP contribution in [-0.2, 0) is 19.2 Å². The molecule has 1 saturated heterocycles. The van der Waals surface area contributed by atoms with Gasteiger partial charge in [0.25, 0.3) is 0 Å². The molecule has 14 rings (SSSR count). The lowest BCUT2D eigenvalue weighted by Crippen LogP contribution is -2.50. The summed E-state index contributed by atoms with van der Waals surface area (Å²) >= 11 is 24.3. The SMILES string of the molecule is CC(C)(Nc1ccnc(-c2c[nH]c3ccc(Cl)cc23)n1)C(=O)NCC(F)(F)F.CC(C)[C@@H](Nc1nc(-c2c[nH]c3ccc(Cl)cc23)ncc1F)C(=O)NCC(F)(F)F.O=C(NCC(F)(F)F)[C@H]1CCCC1c1ccnc(-c2c[nH]c3ccc(Cl)cc23)n1.O=C(NCC(F)(F)F)[C@H]1CCCN1c1nc(-c2c[nH]c3ccc(Cl)cc23)ncc1F.[HH].[HH].[HH]. The molecule has 0 bridgehead atoms. The van der Waals surface area contributed by atoms with E-state index in [-0.39, 0.29) is 40.0 Å². The first-order valence-corrected chi connectivity index (χ1v) is 37.1. The summed E-state index contributed by atoms with van der Waals surface area (Å²) < 4.78 is 178. The summed E-state index contributed by atoms with van der Waals surface area (Å²) in [6.45, 7) is 0.810. The lowest BCUT2D eigenvalue weighted by molar-refractivity contribution is -0.141. The van der Waals surface area contributed by atoms with Crippen molar-refractivity contribution in [3.8, 4) is 45.6 Å². The quantitative estimate of drug-likeness (QED) is 0.0337. The van der Waals surface area contributed by atoms with Gasteiger partial charge in [-0.25, -0.2) is 48.7 Å². The maximum absolute atomic E-state index is 14.5. The molecule has 1 aliphatic carbocycles. The van der Waals surface area contributed by atoms with Crippen molar-refractivity contribution >= 4 is 131 Å². The molecule has 4 aromatic carbocycles. The molecule has 1 saturated carbocycles. The van der Waals surface area contributed by atoms with Crippen LogP contribution in [0.5, 0.6) is 0 Å². The molecule has 41 heteroatoms. The standard InChI is InChI=1S/C20H18ClF3N4O.C19H16ClF4N5O.C19H18ClF4N5O.C18H17ClF3N5O.3H2/c21-11-4-5-16-14(8-11)15(9-26-16)18-25-7-6-17(28-18)12-2-1-3-13(12)19(29)27-10-20(22,23)24;20-10-3-4-14-11(6-10)12(7-25-14)16-26-8-13(21)17(28-16)29-5-1-2-15(29)18(30)27-9-19(22,23)24;1-9(2)15(18(30)27-8-19(22,23)24)28-17-13(21)7-26-16(29-17)12-6-25-14-4-3-10(20)5-11(12)14;1-17(2,16(28)25-9-18(20,21)22)27-14-5-6-23-15(26-14)12-8-24-13-4-3-10(19)7-11(12)13;;;/h4-9,12-13,26H,1-3,10H2,(H,27,29);3-4,6-8,15,25H,1-2,5,9H2,(H,27,30);3-7,9,15,25H,8H2,1-2H3,(H,27,30)(H,26,28,29);3-8,24H,9H2,1-2H3,(H,25,28)(H,23,26,27);3*1H/t12?,13-;2*15-;;;;/m011..../s1. The van der Waals surface area contributed by atoms with Crippen molar-refractivity contribution < 1.29 is 84.9 Å². The third kappa shape index (κ3) is 22.5. The molecular formula is C76H75Cl4F14N19O4. The monoisotopic (exact) mass is 1720 g/mol. The van der Waals surface area contributed by atoms with Gasteiger partial charge in [-0.3, -0.25) is 19.2 Å². The molecule has 117 heavy (non-hydrogen) atoms. The number of carbonyl (C=O) groups is 4. The van der Waals surface area contributed by atoms with Gasteiger partial charge in [-0.2, -0.15) is 52.7 Å². The van der Waals surface area contributed by atoms with E-state index in [1.54, 1.807) is 111 Å². The maximum atomic E-state index is 14.5. The Kier molecular flexibility index (Phi) is 26.8. The highest BCUT2D eigenvalue weighted by molar-refractivity contribution is 6.32. The first-order chi connectivity index (χ1) is 55.1. The molecule has 9 heterocycles. The molecule has 2 aliphatic rings. The largest absolute Gasteiger partial charge is 0.405 e. The number of hydrogen-bond donors (Lipinski definition) is 10. The number of benzene rings is 4. The summed E-state index contributed by atoms with van der Waals surface area (Å²) in [7, 11) is 0. The Hall–Kier alpha value is -11.2. The zero-order valence-electron chi connectivity index (χ0n) is 61.6. The molecule has 10 N–H and O–H groups in total. The van der Waals surface area contributed by atoms with Crippen LogP contribution in [-0.4, -0.2) is 158 Å². The van der Waals surface area contributed by atoms with Crippen molar-refractivity contribution in [2.24, 2.45) is 11.8 Å². The number of hydrogen-bond acceptors (Lipinski definition) is 15. The first kappa shape index (κ1) is 86.7. The predicted molar refractivity (Wildman–Crippen MR) is 420 cm³/mol. The zero-order valence-corrected chi connectivity index (χ0v) is 64.6. The van der Waals surface area contributed by atoms with E-state index in [2.05, 4.69) is 70.4 Å². The molecular weight excluding hydrogens is 1650 g/mol. The zero-order chi connectivity index (χ0) is 84.6. The van der Waals surface area contributed by atoms with Crippen LogP contribution in [0.1, 0.15) is 75.7 Å². The summed E-state index contributed by atoms with van der Waals surface area (Å²) in [5, 5.41) is 18.3. The average Bonchev–Trinajstić information content (AvgIpc) is 1.63. The van der Waals surface area contributed by atoms with Crippen LogP contribution < -0.4 is 36.8 Å². The number of anilines is 3. The Labute approximate surface area is 679 Å². The molecule has 0 spiro atoms. The average molecular weight is 1730 g/mol. The van der Waals surface area contributed by atoms with Crippen molar-refractivity contribution in [2.45, 2.75) is 108 Å². The van der Waals surface area contributed by atoms with Crippen molar-refractivity contribution in [3.63, 3.8) is 0 Å². The highest BCUT2D eigenvalue weighted by Crippen LogP contribution is 2.41. The van der Waals surface area contributed by atoms with E-state index >= 15 is 0 Å². The Morgan fingerprint density at radius 3 is 1.41 bits per heavy atom. The number of nitrogens with one attached hydrogen (secondary N) is 10. The molecule has 1 unspecified atom stereocenters. The summed E-state index contributed by atoms with van der Waals surface area (Å²) in [4.78, 5) is 96.7. The van der Waals surface area contributed by atoms with E-state index in [9.17, 15) is 80.6 Å².